The molecule has 0 unspecified atom stereocenters. The van der Waals surface area contributed by atoms with Gasteiger partial charge in [-0.3, -0.25) is 10.1 Å². The number of benzene rings is 1. The van der Waals surface area contributed by atoms with Gasteiger partial charge in [0.05, 0.1) is 6.04 Å². The van der Waals surface area contributed by atoms with Crippen LogP contribution in [-0.2, 0) is 4.79 Å². The highest BCUT2D eigenvalue weighted by Crippen LogP contribution is 2.29. The third-order valence-electron chi connectivity index (χ3n) is 2.10. The van der Waals surface area contributed by atoms with Crippen molar-refractivity contribution in [1.82, 2.24) is 5.32 Å². The first-order valence-corrected chi connectivity index (χ1v) is 3.99. The summed E-state index contributed by atoms with van der Waals surface area (Å²) in [6, 6.07) is 5.72. The molecule has 2 rings (SSSR count). The molecule has 1 heterocycles. The molecule has 2 atom stereocenters. The summed E-state index contributed by atoms with van der Waals surface area (Å²) in [4.78, 5) is 10.7. The Bertz CT molecular complexity index is 353. The molecule has 0 spiro atoms. The zero-order valence-electron chi connectivity index (χ0n) is 6.83. The average Bonchev–Trinajstić information content (AvgIpc) is 2.82. The topological polar surface area (TPSA) is 65.0 Å². The molecule has 0 radical (unpaired) electrons. The highest BCUT2D eigenvalue weighted by atomic mass is 19.1. The van der Waals surface area contributed by atoms with Gasteiger partial charge in [0.1, 0.15) is 11.9 Å². The Hall–Kier alpha value is -1.42. The summed E-state index contributed by atoms with van der Waals surface area (Å²) in [5, 5.41) is 2.87. The number of carbonyl (C=O) groups excluding carboxylic acids is 1. The smallest absolute Gasteiger partial charge is 0.236 e. The van der Waals surface area contributed by atoms with E-state index in [0.29, 0.717) is 0 Å². The molecule has 13 heavy (non-hydrogen) atoms. The van der Waals surface area contributed by atoms with E-state index in [0.717, 1.165) is 5.56 Å². The fraction of sp³-hybridized carbons (Fsp3) is 0.222. The predicted molar refractivity (Wildman–Crippen MR) is 45.3 cm³/mol. The molecule has 1 saturated heterocycles. The van der Waals surface area contributed by atoms with Gasteiger partial charge in [0, 0.05) is 0 Å². The summed E-state index contributed by atoms with van der Waals surface area (Å²) in [6.07, 6.45) is 0. The van der Waals surface area contributed by atoms with Gasteiger partial charge < -0.3 is 5.73 Å². The molecule has 0 bridgehead atoms. The Kier molecular flexibility index (Phi) is 1.77. The van der Waals surface area contributed by atoms with Gasteiger partial charge in [-0.1, -0.05) is 12.1 Å². The number of rotatable bonds is 2. The zero-order valence-corrected chi connectivity index (χ0v) is 6.83. The lowest BCUT2D eigenvalue weighted by atomic mass is 10.1. The molecular formula is C9H9FN2O. The van der Waals surface area contributed by atoms with Crippen LogP contribution in [0, 0.1) is 5.82 Å². The fourth-order valence-corrected chi connectivity index (χ4v) is 1.37. The van der Waals surface area contributed by atoms with Crippen molar-refractivity contribution in [2.24, 2.45) is 5.73 Å². The summed E-state index contributed by atoms with van der Waals surface area (Å²) in [5.74, 6) is -0.691. The third kappa shape index (κ3) is 1.53. The highest BCUT2D eigenvalue weighted by molar-refractivity contribution is 5.84. The first-order valence-electron chi connectivity index (χ1n) is 3.99. The SMILES string of the molecule is NC(=O)[C@@H]1N[C@@H]1c1cccc(F)c1. The number of amides is 1. The minimum Gasteiger partial charge on any atom is -0.368 e. The number of carbonyl (C=O) groups is 1. The van der Waals surface area contributed by atoms with Crippen LogP contribution in [0.3, 0.4) is 0 Å². The second-order valence-electron chi connectivity index (χ2n) is 3.08. The maximum absolute atomic E-state index is 12.7. The maximum atomic E-state index is 12.7. The lowest BCUT2D eigenvalue weighted by Gasteiger charge is -1.95. The Labute approximate surface area is 74.7 Å². The van der Waals surface area contributed by atoms with Gasteiger partial charge in [0.25, 0.3) is 0 Å². The van der Waals surface area contributed by atoms with E-state index in [-0.39, 0.29) is 17.9 Å². The second-order valence-corrected chi connectivity index (χ2v) is 3.08. The number of halogens is 1. The first kappa shape index (κ1) is 8.19. The van der Waals surface area contributed by atoms with Gasteiger partial charge in [-0.05, 0) is 17.7 Å². The Morgan fingerprint density at radius 1 is 1.54 bits per heavy atom. The molecule has 1 aliphatic rings. The fourth-order valence-electron chi connectivity index (χ4n) is 1.37. The van der Waals surface area contributed by atoms with E-state index in [1.807, 2.05) is 0 Å². The number of hydrogen-bond donors (Lipinski definition) is 2. The minimum absolute atomic E-state index is 0.104. The van der Waals surface area contributed by atoms with Crippen molar-refractivity contribution < 1.29 is 9.18 Å². The van der Waals surface area contributed by atoms with Crippen LogP contribution in [0.5, 0.6) is 0 Å². The molecule has 1 amide bonds. The lowest BCUT2D eigenvalue weighted by Crippen LogP contribution is -2.20. The second kappa shape index (κ2) is 2.81. The molecule has 1 aromatic rings. The normalized spacial score (nSPS) is 25.6. The van der Waals surface area contributed by atoms with Crippen molar-refractivity contribution in [1.29, 1.82) is 0 Å². The van der Waals surface area contributed by atoms with Crippen LogP contribution < -0.4 is 11.1 Å². The minimum atomic E-state index is -0.394. The van der Waals surface area contributed by atoms with Crippen LogP contribution in [0.15, 0.2) is 24.3 Å². The van der Waals surface area contributed by atoms with Crippen molar-refractivity contribution >= 4 is 5.91 Å². The van der Waals surface area contributed by atoms with Crippen LogP contribution >= 0.6 is 0 Å². The first-order chi connectivity index (χ1) is 6.18. The van der Waals surface area contributed by atoms with E-state index < -0.39 is 5.91 Å². The summed E-state index contributed by atoms with van der Waals surface area (Å²) in [5.41, 5.74) is 5.84. The van der Waals surface area contributed by atoms with E-state index in [4.69, 9.17) is 5.73 Å². The maximum Gasteiger partial charge on any atom is 0.236 e. The molecular weight excluding hydrogens is 171 g/mol. The third-order valence-corrected chi connectivity index (χ3v) is 2.10. The van der Waals surface area contributed by atoms with Gasteiger partial charge >= 0.3 is 0 Å². The van der Waals surface area contributed by atoms with Crippen LogP contribution in [0.25, 0.3) is 0 Å². The van der Waals surface area contributed by atoms with Gasteiger partial charge in [-0.25, -0.2) is 4.39 Å². The molecule has 4 heteroatoms. The Balaban J connectivity index is 2.16. The largest absolute Gasteiger partial charge is 0.368 e. The number of hydrogen-bond acceptors (Lipinski definition) is 2. The number of nitrogens with one attached hydrogen (secondary N) is 1. The molecule has 0 aliphatic carbocycles. The van der Waals surface area contributed by atoms with Crippen molar-refractivity contribution in [3.63, 3.8) is 0 Å². The van der Waals surface area contributed by atoms with Crippen molar-refractivity contribution in [2.75, 3.05) is 0 Å². The van der Waals surface area contributed by atoms with Crippen molar-refractivity contribution in [2.45, 2.75) is 12.1 Å². The molecule has 3 N–H and O–H groups in total. The number of nitrogens with two attached hydrogens (primary N) is 1. The zero-order chi connectivity index (χ0) is 9.42. The summed E-state index contributed by atoms with van der Waals surface area (Å²) < 4.78 is 12.7. The van der Waals surface area contributed by atoms with Crippen LogP contribution in [-0.4, -0.2) is 11.9 Å². The van der Waals surface area contributed by atoms with Gasteiger partial charge in [-0.2, -0.15) is 0 Å². The highest BCUT2D eigenvalue weighted by Gasteiger charge is 2.41. The Morgan fingerprint density at radius 3 is 2.85 bits per heavy atom. The van der Waals surface area contributed by atoms with Crippen LogP contribution in [0.1, 0.15) is 11.6 Å². The predicted octanol–water partition coefficient (Wildman–Crippen LogP) is 0.324. The molecule has 1 aromatic carbocycles. The van der Waals surface area contributed by atoms with E-state index >= 15 is 0 Å². The monoisotopic (exact) mass is 180 g/mol. The van der Waals surface area contributed by atoms with Gasteiger partial charge in [0.15, 0.2) is 0 Å². The van der Waals surface area contributed by atoms with Crippen molar-refractivity contribution in [3.8, 4) is 0 Å². The lowest BCUT2D eigenvalue weighted by molar-refractivity contribution is -0.117. The summed E-state index contributed by atoms with van der Waals surface area (Å²) >= 11 is 0. The molecule has 3 nitrogen and oxygen atoms in total. The molecule has 68 valence electrons. The molecule has 1 aliphatic heterocycles. The average molecular weight is 180 g/mol. The summed E-state index contributed by atoms with van der Waals surface area (Å²) in [7, 11) is 0. The van der Waals surface area contributed by atoms with Crippen LogP contribution in [0.4, 0.5) is 4.39 Å². The molecule has 1 fully saturated rings. The van der Waals surface area contributed by atoms with Gasteiger partial charge in [-0.15, -0.1) is 0 Å². The van der Waals surface area contributed by atoms with Gasteiger partial charge in [0.2, 0.25) is 5.91 Å². The van der Waals surface area contributed by atoms with E-state index in [2.05, 4.69) is 5.32 Å². The van der Waals surface area contributed by atoms with Crippen molar-refractivity contribution in [3.05, 3.63) is 35.6 Å². The summed E-state index contributed by atoms with van der Waals surface area (Å²) in [6.45, 7) is 0. The van der Waals surface area contributed by atoms with E-state index in [1.165, 1.54) is 12.1 Å². The quantitative estimate of drug-likeness (QED) is 0.644. The standard InChI is InChI=1S/C9H9FN2O/c10-6-3-1-2-5(4-6)7-8(12-7)9(11)13/h1-4,7-8,12H,(H2,11,13)/t7-,8-/m1/s1. The Morgan fingerprint density at radius 2 is 2.31 bits per heavy atom. The molecule has 0 aromatic heterocycles. The molecule has 0 saturated carbocycles. The number of primary amides is 1. The van der Waals surface area contributed by atoms with E-state index in [9.17, 15) is 9.18 Å². The van der Waals surface area contributed by atoms with Crippen LogP contribution in [0.2, 0.25) is 0 Å². The van der Waals surface area contributed by atoms with E-state index in [1.54, 1.807) is 12.1 Å².